The summed E-state index contributed by atoms with van der Waals surface area (Å²) in [7, 11) is 0. The molecule has 6 heteroatoms. The molecule has 4 aromatic heterocycles. The molecule has 228 valence electrons. The van der Waals surface area contributed by atoms with Crippen molar-refractivity contribution in [2.75, 3.05) is 0 Å². The third-order valence-corrected chi connectivity index (χ3v) is 11.3. The van der Waals surface area contributed by atoms with E-state index >= 15 is 0 Å². The Morgan fingerprint density at radius 3 is 1.52 bits per heavy atom. The van der Waals surface area contributed by atoms with Crippen LogP contribution < -0.4 is 11.1 Å². The molecule has 6 nitrogen and oxygen atoms in total. The number of rotatable bonds is 0. The van der Waals surface area contributed by atoms with Crippen molar-refractivity contribution in [3.8, 4) is 0 Å². The van der Waals surface area contributed by atoms with Gasteiger partial charge in [0.25, 0.3) is 11.1 Å². The van der Waals surface area contributed by atoms with E-state index in [0.717, 1.165) is 97.5 Å². The first-order chi connectivity index (χ1) is 24.7. The summed E-state index contributed by atoms with van der Waals surface area (Å²) >= 11 is 0. The molecule has 0 radical (unpaired) electrons. The third-order valence-electron chi connectivity index (χ3n) is 11.3. The summed E-state index contributed by atoms with van der Waals surface area (Å²) in [6.07, 6.45) is 0. The Morgan fingerprint density at radius 1 is 0.380 bits per heavy atom. The largest absolute Gasteiger partial charge is 0.268 e. The fraction of sp³-hybridized carbons (Fsp3) is 0. The highest BCUT2D eigenvalue weighted by Crippen LogP contribution is 2.46. The molecular formula is C44H20N4O2. The molecule has 0 saturated carbocycles. The van der Waals surface area contributed by atoms with Crippen LogP contribution in [-0.4, -0.2) is 18.8 Å². The fourth-order valence-electron chi connectivity index (χ4n) is 9.27. The summed E-state index contributed by atoms with van der Waals surface area (Å²) in [5.41, 5.74) is 4.50. The average Bonchev–Trinajstić information content (AvgIpc) is 3.76. The first-order valence-corrected chi connectivity index (χ1v) is 16.8. The van der Waals surface area contributed by atoms with E-state index in [-0.39, 0.29) is 11.1 Å². The van der Waals surface area contributed by atoms with Gasteiger partial charge in [0, 0.05) is 43.1 Å². The van der Waals surface area contributed by atoms with Gasteiger partial charge in [-0.3, -0.25) is 18.4 Å². The van der Waals surface area contributed by atoms with Gasteiger partial charge in [0.1, 0.15) is 11.3 Å². The van der Waals surface area contributed by atoms with Crippen LogP contribution in [0.2, 0.25) is 0 Å². The Hall–Kier alpha value is -6.92. The van der Waals surface area contributed by atoms with Gasteiger partial charge in [-0.1, -0.05) is 84.9 Å². The molecule has 0 aliphatic heterocycles. The van der Waals surface area contributed by atoms with Gasteiger partial charge in [-0.25, -0.2) is 9.97 Å². The summed E-state index contributed by atoms with van der Waals surface area (Å²) in [5.74, 6) is 0. The van der Waals surface area contributed by atoms with E-state index < -0.39 is 0 Å². The molecule has 13 rings (SSSR count). The molecule has 0 unspecified atom stereocenters. The maximum Gasteiger partial charge on any atom is 0.264 e. The molecule has 50 heavy (non-hydrogen) atoms. The molecular weight excluding hydrogens is 617 g/mol. The molecule has 0 bridgehead atoms. The van der Waals surface area contributed by atoms with Crippen molar-refractivity contribution in [1.82, 2.24) is 18.8 Å². The number of hydrogen-bond donors (Lipinski definition) is 0. The van der Waals surface area contributed by atoms with Gasteiger partial charge >= 0.3 is 0 Å². The second kappa shape index (κ2) is 8.20. The normalized spacial score (nSPS) is 13.0. The molecule has 0 aliphatic rings. The van der Waals surface area contributed by atoms with E-state index in [9.17, 15) is 9.59 Å². The number of fused-ring (bicyclic) bond motifs is 14. The predicted octanol–water partition coefficient (Wildman–Crippen LogP) is 9.55. The lowest BCUT2D eigenvalue weighted by atomic mass is 9.86. The van der Waals surface area contributed by atoms with Gasteiger partial charge in [-0.15, -0.1) is 0 Å². The second-order valence-corrected chi connectivity index (χ2v) is 13.6. The molecule has 13 aromatic rings. The minimum Gasteiger partial charge on any atom is -0.268 e. The van der Waals surface area contributed by atoms with Crippen molar-refractivity contribution < 1.29 is 0 Å². The van der Waals surface area contributed by atoms with Crippen LogP contribution >= 0.6 is 0 Å². The molecule has 0 saturated heterocycles. The smallest absolute Gasteiger partial charge is 0.264 e. The number of hydrogen-bond acceptors (Lipinski definition) is 4. The molecule has 4 heterocycles. The summed E-state index contributed by atoms with van der Waals surface area (Å²) in [6.45, 7) is 0. The van der Waals surface area contributed by atoms with E-state index in [1.54, 1.807) is 8.80 Å². The van der Waals surface area contributed by atoms with Crippen LogP contribution in [0.4, 0.5) is 0 Å². The van der Waals surface area contributed by atoms with Crippen LogP contribution in [0.1, 0.15) is 0 Å². The number of pyridine rings is 2. The molecule has 0 fully saturated rings. The number of imidazole rings is 2. The number of benzene rings is 9. The topological polar surface area (TPSA) is 68.7 Å². The minimum absolute atomic E-state index is 0.0666. The molecule has 0 spiro atoms. The van der Waals surface area contributed by atoms with Gasteiger partial charge in [0.15, 0.2) is 0 Å². The maximum atomic E-state index is 14.5. The maximum absolute atomic E-state index is 14.5. The van der Waals surface area contributed by atoms with Gasteiger partial charge in [0.05, 0.1) is 22.1 Å². The van der Waals surface area contributed by atoms with Crippen molar-refractivity contribution in [2.24, 2.45) is 0 Å². The Labute approximate surface area is 279 Å². The highest BCUT2D eigenvalue weighted by molar-refractivity contribution is 6.40. The van der Waals surface area contributed by atoms with E-state index in [1.165, 1.54) is 0 Å². The van der Waals surface area contributed by atoms with Crippen molar-refractivity contribution in [3.05, 3.63) is 142 Å². The Balaban J connectivity index is 1.22. The second-order valence-electron chi connectivity index (χ2n) is 13.6. The number of aromatic nitrogens is 4. The van der Waals surface area contributed by atoms with Crippen molar-refractivity contribution in [3.63, 3.8) is 0 Å². The zero-order valence-electron chi connectivity index (χ0n) is 26.2. The molecule has 0 N–H and O–H groups in total. The first-order valence-electron chi connectivity index (χ1n) is 16.8. The summed E-state index contributed by atoms with van der Waals surface area (Å²) in [4.78, 5) is 39.1. The molecule has 0 aliphatic carbocycles. The number of nitrogens with zero attached hydrogens (tertiary/aromatic N) is 4. The highest BCUT2D eigenvalue weighted by atomic mass is 16.1. The van der Waals surface area contributed by atoms with E-state index in [2.05, 4.69) is 72.8 Å². The lowest BCUT2D eigenvalue weighted by Gasteiger charge is -2.18. The Kier molecular flexibility index (Phi) is 4.12. The van der Waals surface area contributed by atoms with Crippen LogP contribution in [0.15, 0.2) is 131 Å². The van der Waals surface area contributed by atoms with Crippen LogP contribution in [0.25, 0.3) is 120 Å². The summed E-state index contributed by atoms with van der Waals surface area (Å²) in [5, 5.41) is 15.6. The van der Waals surface area contributed by atoms with Crippen LogP contribution in [0, 0.1) is 0 Å². The lowest BCUT2D eigenvalue weighted by molar-refractivity contribution is 1.19. The Morgan fingerprint density at radius 2 is 0.860 bits per heavy atom. The van der Waals surface area contributed by atoms with Crippen LogP contribution in [0.3, 0.4) is 0 Å². The van der Waals surface area contributed by atoms with Gasteiger partial charge in [-0.2, -0.15) is 0 Å². The minimum atomic E-state index is -0.0675. The summed E-state index contributed by atoms with van der Waals surface area (Å²) < 4.78 is 3.59. The zero-order valence-corrected chi connectivity index (χ0v) is 26.2. The summed E-state index contributed by atoms with van der Waals surface area (Å²) in [6, 6.07) is 41.2. The van der Waals surface area contributed by atoms with Crippen molar-refractivity contribution in [1.29, 1.82) is 0 Å². The Bertz CT molecular complexity index is 3740. The van der Waals surface area contributed by atoms with Crippen LogP contribution in [-0.2, 0) is 0 Å². The SMILES string of the molecule is O=c1c2ccc3c4ccc5c(=O)n6c(nc7ccc8ccccc8c76)c6ccc(c7ccc(c2c37)c2nc3c7ccccc7ccc3n12)c4c56. The van der Waals surface area contributed by atoms with Crippen molar-refractivity contribution >= 4 is 120 Å². The van der Waals surface area contributed by atoms with Crippen LogP contribution in [0.5, 0.6) is 0 Å². The highest BCUT2D eigenvalue weighted by Gasteiger charge is 2.24. The van der Waals surface area contributed by atoms with E-state index in [0.29, 0.717) is 22.1 Å². The lowest BCUT2D eigenvalue weighted by Crippen LogP contribution is -2.14. The van der Waals surface area contributed by atoms with Gasteiger partial charge in [0.2, 0.25) is 0 Å². The van der Waals surface area contributed by atoms with Crippen molar-refractivity contribution in [2.45, 2.75) is 0 Å². The monoisotopic (exact) mass is 636 g/mol. The molecule has 0 atom stereocenters. The molecule has 0 amide bonds. The fourth-order valence-corrected chi connectivity index (χ4v) is 9.27. The van der Waals surface area contributed by atoms with Gasteiger partial charge in [-0.05, 0) is 79.5 Å². The third kappa shape index (κ3) is 2.67. The predicted molar refractivity (Wildman–Crippen MR) is 205 cm³/mol. The standard InChI is InChI=1S/C44H20N4O2/c49-43-31-17-13-27-28-14-18-32-37-29(41-45-33-19-9-22-6-2-4-8-24(22)40(33)48(41)44(32)50)15-11-25(35(28)37)26-12-16-30(38(31)36(26)27)42-46-39-23-7-3-1-5-21(23)10-20-34(39)47(42)43/h1-20H. The molecule has 9 aromatic carbocycles. The van der Waals surface area contributed by atoms with E-state index in [1.807, 2.05) is 48.5 Å². The zero-order chi connectivity index (χ0) is 32.6. The first kappa shape index (κ1) is 25.1. The van der Waals surface area contributed by atoms with Gasteiger partial charge < -0.3 is 0 Å². The van der Waals surface area contributed by atoms with E-state index in [4.69, 9.17) is 9.97 Å². The average molecular weight is 637 g/mol. The quantitative estimate of drug-likeness (QED) is 0.123.